The van der Waals surface area contributed by atoms with Crippen LogP contribution in [0.25, 0.3) is 0 Å². The number of aliphatic hydroxyl groups excluding tert-OH is 1. The molecule has 1 N–H and O–H groups in total. The number of β-amino-alcohol motifs (C(OH)–C–C–N with tert-alkyl or cyclic N) is 1. The van der Waals surface area contributed by atoms with Gasteiger partial charge in [0.05, 0.1) is 19.6 Å². The normalized spacial score (nSPS) is 17.6. The Morgan fingerprint density at radius 1 is 1.21 bits per heavy atom. The van der Waals surface area contributed by atoms with Crippen molar-refractivity contribution in [2.45, 2.75) is 18.7 Å². The van der Waals surface area contributed by atoms with Crippen LogP contribution in [-0.4, -0.2) is 72.9 Å². The number of ether oxygens (including phenoxy) is 1. The Kier molecular flexibility index (Phi) is 6.06. The van der Waals surface area contributed by atoms with Crippen molar-refractivity contribution in [2.24, 2.45) is 0 Å². The Hall–Kier alpha value is -1.80. The van der Waals surface area contributed by atoms with E-state index in [0.29, 0.717) is 37.5 Å². The lowest BCUT2D eigenvalue weighted by molar-refractivity contribution is -0.155. The summed E-state index contributed by atoms with van der Waals surface area (Å²) in [5.41, 5.74) is 0.543. The van der Waals surface area contributed by atoms with Crippen molar-refractivity contribution < 1.29 is 27.8 Å². The molecule has 1 aromatic carbocycles. The van der Waals surface area contributed by atoms with Gasteiger partial charge in [-0.3, -0.25) is 9.69 Å². The Balaban J connectivity index is 1.82. The molecule has 0 aliphatic carbocycles. The van der Waals surface area contributed by atoms with Crippen molar-refractivity contribution in [3.63, 3.8) is 0 Å². The van der Waals surface area contributed by atoms with Gasteiger partial charge in [-0.15, -0.1) is 0 Å². The molecule has 1 fully saturated rings. The zero-order chi connectivity index (χ0) is 17.7. The van der Waals surface area contributed by atoms with Gasteiger partial charge in [0, 0.05) is 38.3 Å². The zero-order valence-corrected chi connectivity index (χ0v) is 13.4. The number of halogens is 3. The fourth-order valence-electron chi connectivity index (χ4n) is 2.68. The van der Waals surface area contributed by atoms with E-state index in [1.807, 2.05) is 0 Å². The Morgan fingerprint density at radius 2 is 1.79 bits per heavy atom. The van der Waals surface area contributed by atoms with Crippen LogP contribution in [0.2, 0.25) is 0 Å². The fraction of sp³-hybridized carbons (Fsp3) is 0.562. The maximum absolute atomic E-state index is 12.4. The van der Waals surface area contributed by atoms with Gasteiger partial charge >= 0.3 is 6.18 Å². The molecule has 134 valence electrons. The number of methoxy groups -OCH3 is 1. The van der Waals surface area contributed by atoms with Crippen LogP contribution < -0.4 is 4.74 Å². The fourth-order valence-corrected chi connectivity index (χ4v) is 2.68. The van der Waals surface area contributed by atoms with Crippen LogP contribution in [0, 0.1) is 0 Å². The molecule has 1 aromatic rings. The zero-order valence-electron chi connectivity index (χ0n) is 13.4. The largest absolute Gasteiger partial charge is 0.497 e. The van der Waals surface area contributed by atoms with Gasteiger partial charge in [0.1, 0.15) is 5.75 Å². The topological polar surface area (TPSA) is 53.0 Å². The van der Waals surface area contributed by atoms with Crippen LogP contribution in [-0.2, 0) is 0 Å². The van der Waals surface area contributed by atoms with Gasteiger partial charge < -0.3 is 14.7 Å². The third-order valence-corrected chi connectivity index (χ3v) is 3.93. The van der Waals surface area contributed by atoms with E-state index in [9.17, 15) is 23.1 Å². The van der Waals surface area contributed by atoms with Crippen LogP contribution in [0.1, 0.15) is 16.8 Å². The molecule has 0 bridgehead atoms. The summed E-state index contributed by atoms with van der Waals surface area (Å²) in [7, 11) is 1.54. The SMILES string of the molecule is COc1ccc(C(=O)N2CCN(C[C@@H](O)CC(F)(F)F)CC2)cc1. The maximum Gasteiger partial charge on any atom is 0.391 e. The summed E-state index contributed by atoms with van der Waals surface area (Å²) in [6.07, 6.45) is -7.02. The van der Waals surface area contributed by atoms with Crippen molar-refractivity contribution >= 4 is 5.91 Å². The summed E-state index contributed by atoms with van der Waals surface area (Å²) >= 11 is 0. The number of nitrogens with zero attached hydrogens (tertiary/aromatic N) is 2. The number of amides is 1. The van der Waals surface area contributed by atoms with E-state index < -0.39 is 18.7 Å². The summed E-state index contributed by atoms with van der Waals surface area (Å²) in [6.45, 7) is 1.69. The molecule has 1 atom stereocenters. The molecule has 1 aliphatic rings. The summed E-state index contributed by atoms with van der Waals surface area (Å²) < 4.78 is 41.7. The summed E-state index contributed by atoms with van der Waals surface area (Å²) in [4.78, 5) is 15.8. The van der Waals surface area contributed by atoms with Crippen LogP contribution in [0.4, 0.5) is 13.2 Å². The lowest BCUT2D eigenvalue weighted by Gasteiger charge is -2.35. The molecule has 0 aromatic heterocycles. The average Bonchev–Trinajstić information content (AvgIpc) is 2.53. The molecule has 8 heteroatoms. The van der Waals surface area contributed by atoms with E-state index in [4.69, 9.17) is 4.74 Å². The predicted octanol–water partition coefficient (Wildman–Crippen LogP) is 1.77. The number of benzene rings is 1. The molecule has 1 amide bonds. The van der Waals surface area contributed by atoms with Gasteiger partial charge in [-0.1, -0.05) is 0 Å². The van der Waals surface area contributed by atoms with Gasteiger partial charge in [0.25, 0.3) is 5.91 Å². The van der Waals surface area contributed by atoms with Crippen LogP contribution in [0.5, 0.6) is 5.75 Å². The number of hydrogen-bond acceptors (Lipinski definition) is 4. The third kappa shape index (κ3) is 5.38. The Bertz CT molecular complexity index is 540. The molecule has 0 unspecified atom stereocenters. The first-order valence-corrected chi connectivity index (χ1v) is 7.69. The minimum atomic E-state index is -4.37. The predicted molar refractivity (Wildman–Crippen MR) is 82.0 cm³/mol. The summed E-state index contributed by atoms with van der Waals surface area (Å²) in [5, 5.41) is 9.49. The molecular weight excluding hydrogens is 325 g/mol. The Labute approximate surface area is 138 Å². The van der Waals surface area contributed by atoms with E-state index in [1.165, 1.54) is 0 Å². The first kappa shape index (κ1) is 18.5. The molecular formula is C16H21F3N2O3. The van der Waals surface area contributed by atoms with Gasteiger partial charge in [0.2, 0.25) is 0 Å². The number of carbonyl (C=O) groups excluding carboxylic acids is 1. The second-order valence-corrected chi connectivity index (χ2v) is 5.79. The van der Waals surface area contributed by atoms with E-state index in [1.54, 1.807) is 41.2 Å². The standard InChI is InChI=1S/C16H21F3N2O3/c1-24-14-4-2-12(3-5-14)15(23)21-8-6-20(7-9-21)11-13(22)10-16(17,18)19/h2-5,13,22H,6-11H2,1H3/t13-/m0/s1. The minimum Gasteiger partial charge on any atom is -0.497 e. The number of piperazine rings is 1. The number of hydrogen-bond donors (Lipinski definition) is 1. The van der Waals surface area contributed by atoms with Crippen molar-refractivity contribution in [1.29, 1.82) is 0 Å². The molecule has 24 heavy (non-hydrogen) atoms. The maximum atomic E-state index is 12.4. The van der Waals surface area contributed by atoms with Crippen molar-refractivity contribution in [3.8, 4) is 5.75 Å². The van der Waals surface area contributed by atoms with Crippen molar-refractivity contribution in [3.05, 3.63) is 29.8 Å². The number of aliphatic hydroxyl groups is 1. The smallest absolute Gasteiger partial charge is 0.391 e. The van der Waals surface area contributed by atoms with Gasteiger partial charge in [-0.25, -0.2) is 0 Å². The van der Waals surface area contributed by atoms with Crippen LogP contribution >= 0.6 is 0 Å². The highest BCUT2D eigenvalue weighted by Crippen LogP contribution is 2.22. The highest BCUT2D eigenvalue weighted by Gasteiger charge is 2.32. The molecule has 5 nitrogen and oxygen atoms in total. The van der Waals surface area contributed by atoms with E-state index in [0.717, 1.165) is 0 Å². The minimum absolute atomic E-state index is 0.0376. The molecule has 1 saturated heterocycles. The number of rotatable bonds is 5. The highest BCUT2D eigenvalue weighted by atomic mass is 19.4. The van der Waals surface area contributed by atoms with E-state index >= 15 is 0 Å². The third-order valence-electron chi connectivity index (χ3n) is 3.93. The van der Waals surface area contributed by atoms with E-state index in [-0.39, 0.29) is 12.5 Å². The monoisotopic (exact) mass is 346 g/mol. The van der Waals surface area contributed by atoms with Crippen LogP contribution in [0.15, 0.2) is 24.3 Å². The van der Waals surface area contributed by atoms with E-state index in [2.05, 4.69) is 0 Å². The van der Waals surface area contributed by atoms with Gasteiger partial charge in [0.15, 0.2) is 0 Å². The molecule has 1 aliphatic heterocycles. The van der Waals surface area contributed by atoms with Gasteiger partial charge in [-0.2, -0.15) is 13.2 Å². The lowest BCUT2D eigenvalue weighted by atomic mass is 10.1. The highest BCUT2D eigenvalue weighted by molar-refractivity contribution is 5.94. The van der Waals surface area contributed by atoms with Gasteiger partial charge in [-0.05, 0) is 24.3 Å². The second-order valence-electron chi connectivity index (χ2n) is 5.79. The molecule has 2 rings (SSSR count). The summed E-state index contributed by atoms with van der Waals surface area (Å²) in [5.74, 6) is 0.545. The average molecular weight is 346 g/mol. The second kappa shape index (κ2) is 7.85. The number of alkyl halides is 3. The molecule has 0 saturated carbocycles. The quantitative estimate of drug-likeness (QED) is 0.883. The Morgan fingerprint density at radius 3 is 2.29 bits per heavy atom. The van der Waals surface area contributed by atoms with Crippen molar-refractivity contribution in [2.75, 3.05) is 39.8 Å². The van der Waals surface area contributed by atoms with Crippen LogP contribution in [0.3, 0.4) is 0 Å². The molecule has 1 heterocycles. The first-order chi connectivity index (χ1) is 11.3. The molecule has 0 spiro atoms. The summed E-state index contributed by atoms with van der Waals surface area (Å²) in [6, 6.07) is 6.77. The van der Waals surface area contributed by atoms with Crippen molar-refractivity contribution in [1.82, 2.24) is 9.80 Å². The first-order valence-electron chi connectivity index (χ1n) is 7.69. The lowest BCUT2D eigenvalue weighted by Crippen LogP contribution is -2.50. The number of carbonyl (C=O) groups is 1. The molecule has 0 radical (unpaired) electrons.